The van der Waals surface area contributed by atoms with E-state index in [-0.39, 0.29) is 17.0 Å². The van der Waals surface area contributed by atoms with Gasteiger partial charge >= 0.3 is 0 Å². The fourth-order valence-corrected chi connectivity index (χ4v) is 6.02. The first-order chi connectivity index (χ1) is 12.3. The average Bonchev–Trinajstić information content (AvgIpc) is 2.63. The lowest BCUT2D eigenvalue weighted by molar-refractivity contribution is -0.00000567. The molecule has 0 nitrogen and oxygen atoms in total. The van der Waals surface area contributed by atoms with Crippen molar-refractivity contribution in [2.75, 3.05) is 17.3 Å². The highest BCUT2D eigenvalue weighted by Crippen LogP contribution is 2.14. The van der Waals surface area contributed by atoms with Crippen molar-refractivity contribution < 1.29 is 17.0 Å². The Balaban J connectivity index is 0. The van der Waals surface area contributed by atoms with Crippen molar-refractivity contribution in [1.82, 2.24) is 0 Å². The molecule has 26 heavy (non-hydrogen) atoms. The fraction of sp³-hybridized carbons (Fsp3) is 1.00. The van der Waals surface area contributed by atoms with Gasteiger partial charge in [-0.1, -0.05) is 97.8 Å². The molecule has 0 aromatic rings. The highest BCUT2D eigenvalue weighted by atomic mass is 79.9. The third-order valence-corrected chi connectivity index (χ3v) is 7.96. The standard InChI is InChI=1S/C24H51S.BrH/c1-4-7-10-13-16-19-22-25(23-20-17-14-11-8-5-2)24-21-18-15-12-9-6-3;/h4-24H2,1-3H3;1H/q+1;/p-1. The Morgan fingerprint density at radius 2 is 0.577 bits per heavy atom. The minimum atomic E-state index is 0. The van der Waals surface area contributed by atoms with E-state index in [4.69, 9.17) is 0 Å². The zero-order valence-corrected chi connectivity index (χ0v) is 21.0. The molecule has 0 N–H and O–H groups in total. The molecule has 0 saturated heterocycles. The zero-order chi connectivity index (χ0) is 18.4. The van der Waals surface area contributed by atoms with Crippen molar-refractivity contribution in [2.24, 2.45) is 0 Å². The molecule has 0 saturated carbocycles. The lowest BCUT2D eigenvalue weighted by atomic mass is 10.1. The van der Waals surface area contributed by atoms with Crippen LogP contribution < -0.4 is 17.0 Å². The molecular weight excluding hydrogens is 400 g/mol. The summed E-state index contributed by atoms with van der Waals surface area (Å²) in [7, 11) is 0.754. The molecule has 0 bridgehead atoms. The summed E-state index contributed by atoms with van der Waals surface area (Å²) in [4.78, 5) is 0. The van der Waals surface area contributed by atoms with E-state index in [1.165, 1.54) is 116 Å². The van der Waals surface area contributed by atoms with E-state index in [1.54, 1.807) is 17.3 Å². The predicted molar refractivity (Wildman–Crippen MR) is 122 cm³/mol. The molecule has 0 aromatic carbocycles. The molecule has 0 aliphatic heterocycles. The summed E-state index contributed by atoms with van der Waals surface area (Å²) in [6.07, 6.45) is 26.4. The lowest BCUT2D eigenvalue weighted by Crippen LogP contribution is -3.00. The third kappa shape index (κ3) is 22.9. The lowest BCUT2D eigenvalue weighted by Gasteiger charge is -2.10. The monoisotopic (exact) mass is 450 g/mol. The number of halogens is 1. The number of unbranched alkanes of at least 4 members (excludes halogenated alkanes) is 15. The van der Waals surface area contributed by atoms with Crippen molar-refractivity contribution in [3.05, 3.63) is 0 Å². The summed E-state index contributed by atoms with van der Waals surface area (Å²) in [5.74, 6) is 4.65. The van der Waals surface area contributed by atoms with E-state index in [0.29, 0.717) is 0 Å². The van der Waals surface area contributed by atoms with Gasteiger partial charge in [0.1, 0.15) is 17.3 Å². The summed E-state index contributed by atoms with van der Waals surface area (Å²) in [6, 6.07) is 0. The minimum absolute atomic E-state index is 0. The zero-order valence-electron chi connectivity index (χ0n) is 18.6. The second kappa shape index (κ2) is 25.8. The van der Waals surface area contributed by atoms with Gasteiger partial charge in [-0.25, -0.2) is 0 Å². The van der Waals surface area contributed by atoms with Gasteiger partial charge in [-0.3, -0.25) is 0 Å². The van der Waals surface area contributed by atoms with Gasteiger partial charge in [0.05, 0.1) is 0 Å². The summed E-state index contributed by atoms with van der Waals surface area (Å²) >= 11 is 0. The SMILES string of the molecule is CCCCCCCC[S+](CCCCCCCC)CCCCCCCC.[Br-]. The van der Waals surface area contributed by atoms with E-state index in [9.17, 15) is 0 Å². The van der Waals surface area contributed by atoms with Crippen molar-refractivity contribution >= 4 is 10.9 Å². The van der Waals surface area contributed by atoms with Crippen LogP contribution in [0.15, 0.2) is 0 Å². The second-order valence-electron chi connectivity index (χ2n) is 8.03. The van der Waals surface area contributed by atoms with Crippen molar-refractivity contribution in [3.63, 3.8) is 0 Å². The largest absolute Gasteiger partial charge is 1.00 e. The molecular formula is C24H51BrS. The molecule has 0 atom stereocenters. The molecule has 0 rings (SSSR count). The summed E-state index contributed by atoms with van der Waals surface area (Å²) in [5, 5.41) is 0. The molecule has 0 aliphatic carbocycles. The van der Waals surface area contributed by atoms with Gasteiger partial charge < -0.3 is 17.0 Å². The predicted octanol–water partition coefficient (Wildman–Crippen LogP) is 5.69. The van der Waals surface area contributed by atoms with Crippen molar-refractivity contribution in [3.8, 4) is 0 Å². The van der Waals surface area contributed by atoms with Crippen LogP contribution in [0.2, 0.25) is 0 Å². The average molecular weight is 452 g/mol. The molecule has 0 aliphatic rings. The van der Waals surface area contributed by atoms with Crippen LogP contribution in [0.3, 0.4) is 0 Å². The smallest absolute Gasteiger partial charge is 0.108 e. The van der Waals surface area contributed by atoms with Crippen molar-refractivity contribution in [1.29, 1.82) is 0 Å². The van der Waals surface area contributed by atoms with Gasteiger partial charge in [-0.2, -0.15) is 0 Å². The maximum Gasteiger partial charge on any atom is 0.108 e. The Labute approximate surface area is 181 Å². The number of rotatable bonds is 21. The van der Waals surface area contributed by atoms with Crippen LogP contribution in [-0.2, 0) is 10.9 Å². The normalized spacial score (nSPS) is 11.1. The summed E-state index contributed by atoms with van der Waals surface area (Å²) in [6.45, 7) is 6.95. The van der Waals surface area contributed by atoms with Crippen LogP contribution in [0.4, 0.5) is 0 Å². The maximum absolute atomic E-state index is 2.32. The number of hydrogen-bond donors (Lipinski definition) is 0. The van der Waals surface area contributed by atoms with Gasteiger partial charge in [0.15, 0.2) is 0 Å². The third-order valence-electron chi connectivity index (χ3n) is 5.36. The first-order valence-electron chi connectivity index (χ1n) is 12.0. The van der Waals surface area contributed by atoms with E-state index < -0.39 is 0 Å². The molecule has 0 fully saturated rings. The Morgan fingerprint density at radius 3 is 0.846 bits per heavy atom. The Kier molecular flexibility index (Phi) is 28.8. The van der Waals surface area contributed by atoms with E-state index >= 15 is 0 Å². The molecule has 160 valence electrons. The highest BCUT2D eigenvalue weighted by Gasteiger charge is 2.16. The van der Waals surface area contributed by atoms with Crippen molar-refractivity contribution in [2.45, 2.75) is 136 Å². The molecule has 0 unspecified atom stereocenters. The van der Waals surface area contributed by atoms with E-state index in [2.05, 4.69) is 20.8 Å². The number of hydrogen-bond acceptors (Lipinski definition) is 0. The van der Waals surface area contributed by atoms with Gasteiger partial charge in [-0.15, -0.1) is 0 Å². The first-order valence-corrected chi connectivity index (χ1v) is 13.7. The van der Waals surface area contributed by atoms with Crippen LogP contribution in [0.1, 0.15) is 136 Å². The van der Waals surface area contributed by atoms with Gasteiger partial charge in [-0.05, 0) is 49.4 Å². The highest BCUT2D eigenvalue weighted by molar-refractivity contribution is 7.96. The summed E-state index contributed by atoms with van der Waals surface area (Å²) < 4.78 is 0. The quantitative estimate of drug-likeness (QED) is 0.155. The molecule has 2 heteroatoms. The molecule has 0 aromatic heterocycles. The van der Waals surface area contributed by atoms with Crippen LogP contribution in [0.5, 0.6) is 0 Å². The van der Waals surface area contributed by atoms with E-state index in [0.717, 1.165) is 10.9 Å². The maximum atomic E-state index is 2.32. The Bertz CT molecular complexity index is 194. The van der Waals surface area contributed by atoms with E-state index in [1.807, 2.05) is 0 Å². The van der Waals surface area contributed by atoms with Gasteiger partial charge in [0.2, 0.25) is 0 Å². The molecule has 0 radical (unpaired) electrons. The van der Waals surface area contributed by atoms with Gasteiger partial charge in [0.25, 0.3) is 0 Å². The molecule has 0 amide bonds. The topological polar surface area (TPSA) is 0 Å². The van der Waals surface area contributed by atoms with Crippen LogP contribution in [0.25, 0.3) is 0 Å². The molecule has 0 heterocycles. The summed E-state index contributed by atoms with van der Waals surface area (Å²) in [5.41, 5.74) is 0. The Hall–Kier alpha value is 0.830. The van der Waals surface area contributed by atoms with Crippen LogP contribution in [-0.4, -0.2) is 17.3 Å². The minimum Gasteiger partial charge on any atom is -1.00 e. The van der Waals surface area contributed by atoms with Crippen LogP contribution >= 0.6 is 0 Å². The van der Waals surface area contributed by atoms with Gasteiger partial charge in [0, 0.05) is 0 Å². The second-order valence-corrected chi connectivity index (χ2v) is 10.5. The van der Waals surface area contributed by atoms with Crippen LogP contribution in [0, 0.1) is 0 Å². The first kappa shape index (κ1) is 29.0. The molecule has 0 spiro atoms. The fourth-order valence-electron chi connectivity index (χ4n) is 3.57. The Morgan fingerprint density at radius 1 is 0.346 bits per heavy atom.